The Balaban J connectivity index is 1.65. The average molecular weight is 457 g/mol. The zero-order valence-corrected chi connectivity index (χ0v) is 19.4. The van der Waals surface area contributed by atoms with Crippen molar-refractivity contribution in [2.24, 2.45) is 0 Å². The highest BCUT2D eigenvalue weighted by Crippen LogP contribution is 2.28. The molecule has 5 nitrogen and oxygen atoms in total. The molecular weight excluding hydrogens is 427 g/mol. The number of rotatable bonds is 8. The van der Waals surface area contributed by atoms with Crippen molar-refractivity contribution in [1.82, 2.24) is 19.6 Å². The highest BCUT2D eigenvalue weighted by atomic mass is 35.5. The first kappa shape index (κ1) is 22.9. The third-order valence-electron chi connectivity index (χ3n) is 5.99. The molecule has 0 spiro atoms. The van der Waals surface area contributed by atoms with Gasteiger partial charge in [0.25, 0.3) is 0 Å². The fourth-order valence-corrected chi connectivity index (χ4v) is 4.48. The fourth-order valence-electron chi connectivity index (χ4n) is 4.36. The van der Waals surface area contributed by atoms with Crippen LogP contribution in [0.25, 0.3) is 5.69 Å². The van der Waals surface area contributed by atoms with Crippen molar-refractivity contribution in [2.45, 2.75) is 46.0 Å². The fraction of sp³-hybridized carbons (Fsp3) is 0.400. The van der Waals surface area contributed by atoms with E-state index in [0.717, 1.165) is 37.4 Å². The zero-order chi connectivity index (χ0) is 22.7. The predicted molar refractivity (Wildman–Crippen MR) is 125 cm³/mol. The van der Waals surface area contributed by atoms with Gasteiger partial charge in [-0.1, -0.05) is 36.7 Å². The van der Waals surface area contributed by atoms with Gasteiger partial charge >= 0.3 is 0 Å². The normalized spacial score (nSPS) is 15.2. The van der Waals surface area contributed by atoms with Crippen LogP contribution in [0.5, 0.6) is 0 Å². The highest BCUT2D eigenvalue weighted by Gasteiger charge is 2.27. The van der Waals surface area contributed by atoms with E-state index in [9.17, 15) is 9.50 Å². The van der Waals surface area contributed by atoms with Gasteiger partial charge in [0.1, 0.15) is 5.82 Å². The standard InChI is InChI=1S/C25H30ClFN4O/c1-3-29(14-18(2)32)17-24-22-16-30(15-19-6-4-5-7-23(19)27)13-12-25(22)31(28-24)21-10-8-20(26)9-11-21/h4-11,18,32H,3,12-17H2,1-2H3. The van der Waals surface area contributed by atoms with E-state index < -0.39 is 6.10 Å². The van der Waals surface area contributed by atoms with Gasteiger partial charge in [0.15, 0.2) is 0 Å². The molecule has 0 saturated carbocycles. The largest absolute Gasteiger partial charge is 0.392 e. The maximum Gasteiger partial charge on any atom is 0.127 e. The number of aromatic nitrogens is 2. The van der Waals surface area contributed by atoms with E-state index in [4.69, 9.17) is 16.7 Å². The Morgan fingerprint density at radius 1 is 1.19 bits per heavy atom. The van der Waals surface area contributed by atoms with Gasteiger partial charge in [0, 0.05) is 55.3 Å². The first-order valence-corrected chi connectivity index (χ1v) is 11.5. The number of nitrogens with zero attached hydrogens (tertiary/aromatic N) is 4. The van der Waals surface area contributed by atoms with Crippen molar-refractivity contribution in [3.8, 4) is 5.69 Å². The van der Waals surface area contributed by atoms with Crippen LogP contribution in [0.4, 0.5) is 4.39 Å². The molecule has 1 aliphatic heterocycles. The summed E-state index contributed by atoms with van der Waals surface area (Å²) in [6.45, 7) is 8.12. The van der Waals surface area contributed by atoms with Crippen LogP contribution in [-0.4, -0.2) is 50.4 Å². The monoisotopic (exact) mass is 456 g/mol. The van der Waals surface area contributed by atoms with E-state index in [-0.39, 0.29) is 5.82 Å². The molecule has 0 bridgehead atoms. The summed E-state index contributed by atoms with van der Waals surface area (Å²) >= 11 is 6.10. The Bertz CT molecular complexity index is 1050. The van der Waals surface area contributed by atoms with Gasteiger partial charge in [-0.05, 0) is 43.8 Å². The second-order valence-corrected chi connectivity index (χ2v) is 8.93. The van der Waals surface area contributed by atoms with Crippen LogP contribution in [0.1, 0.15) is 36.4 Å². The van der Waals surface area contributed by atoms with Crippen LogP contribution in [0.15, 0.2) is 48.5 Å². The molecule has 0 fully saturated rings. The van der Waals surface area contributed by atoms with Gasteiger partial charge in [-0.3, -0.25) is 9.80 Å². The number of likely N-dealkylation sites (N-methyl/N-ethyl adjacent to an activating group) is 1. The number of fused-ring (bicyclic) bond motifs is 1. The number of halogens is 2. The van der Waals surface area contributed by atoms with E-state index in [1.807, 2.05) is 41.1 Å². The minimum Gasteiger partial charge on any atom is -0.392 e. The lowest BCUT2D eigenvalue weighted by molar-refractivity contribution is 0.124. The average Bonchev–Trinajstić information content (AvgIpc) is 3.13. The van der Waals surface area contributed by atoms with Crippen LogP contribution in [0.2, 0.25) is 5.02 Å². The molecule has 32 heavy (non-hydrogen) atoms. The molecule has 4 rings (SSSR count). The van der Waals surface area contributed by atoms with E-state index in [0.29, 0.717) is 30.2 Å². The van der Waals surface area contributed by atoms with Crippen molar-refractivity contribution in [3.05, 3.63) is 81.9 Å². The SMILES string of the molecule is CCN(Cc1nn(-c2ccc(Cl)cc2)c2c1CN(Cc1ccccc1F)CC2)CC(C)O. The van der Waals surface area contributed by atoms with E-state index in [1.54, 1.807) is 13.0 Å². The Morgan fingerprint density at radius 3 is 2.62 bits per heavy atom. The number of benzene rings is 2. The second-order valence-electron chi connectivity index (χ2n) is 8.49. The molecule has 1 N–H and O–H groups in total. The number of aliphatic hydroxyl groups excluding tert-OH is 1. The quantitative estimate of drug-likeness (QED) is 0.544. The van der Waals surface area contributed by atoms with Crippen LogP contribution in [0.3, 0.4) is 0 Å². The molecule has 0 aliphatic carbocycles. The van der Waals surface area contributed by atoms with Gasteiger partial charge in [-0.2, -0.15) is 5.10 Å². The van der Waals surface area contributed by atoms with Gasteiger partial charge in [-0.25, -0.2) is 9.07 Å². The lowest BCUT2D eigenvalue weighted by atomic mass is 10.0. The number of hydrogen-bond donors (Lipinski definition) is 1. The Hall–Kier alpha value is -2.25. The second kappa shape index (κ2) is 10.1. The summed E-state index contributed by atoms with van der Waals surface area (Å²) in [6, 6.07) is 14.7. The first-order chi connectivity index (χ1) is 15.4. The molecule has 0 radical (unpaired) electrons. The molecule has 3 aromatic rings. The van der Waals surface area contributed by atoms with E-state index >= 15 is 0 Å². The van der Waals surface area contributed by atoms with Crippen molar-refractivity contribution >= 4 is 11.6 Å². The number of aliphatic hydroxyl groups is 1. The predicted octanol–water partition coefficient (Wildman–Crippen LogP) is 4.43. The lowest BCUT2D eigenvalue weighted by Gasteiger charge is -2.28. The molecule has 7 heteroatoms. The van der Waals surface area contributed by atoms with E-state index in [1.165, 1.54) is 17.3 Å². The van der Waals surface area contributed by atoms with Crippen molar-refractivity contribution in [2.75, 3.05) is 19.6 Å². The van der Waals surface area contributed by atoms with Gasteiger partial charge < -0.3 is 5.11 Å². The molecule has 2 aromatic carbocycles. The van der Waals surface area contributed by atoms with Gasteiger partial charge in [0.05, 0.1) is 23.2 Å². The molecule has 1 aliphatic rings. The summed E-state index contributed by atoms with van der Waals surface area (Å²) in [5, 5.41) is 15.6. The van der Waals surface area contributed by atoms with Crippen molar-refractivity contribution in [1.29, 1.82) is 0 Å². The molecular formula is C25H30ClFN4O. The van der Waals surface area contributed by atoms with Crippen LogP contribution in [-0.2, 0) is 26.1 Å². The Labute approximate surface area is 194 Å². The first-order valence-electron chi connectivity index (χ1n) is 11.2. The molecule has 0 amide bonds. The van der Waals surface area contributed by atoms with E-state index in [2.05, 4.69) is 16.7 Å². The van der Waals surface area contributed by atoms with Crippen molar-refractivity contribution in [3.63, 3.8) is 0 Å². The summed E-state index contributed by atoms with van der Waals surface area (Å²) in [7, 11) is 0. The molecule has 1 atom stereocenters. The minimum atomic E-state index is -0.401. The third kappa shape index (κ3) is 5.21. The topological polar surface area (TPSA) is 44.5 Å². The summed E-state index contributed by atoms with van der Waals surface area (Å²) in [5.41, 5.74) is 5.10. The smallest absolute Gasteiger partial charge is 0.127 e. The van der Waals surface area contributed by atoms with Crippen molar-refractivity contribution < 1.29 is 9.50 Å². The molecule has 2 heterocycles. The summed E-state index contributed by atoms with van der Waals surface area (Å²) in [6.07, 6.45) is 0.434. The van der Waals surface area contributed by atoms with Crippen LogP contribution < -0.4 is 0 Å². The molecule has 1 aromatic heterocycles. The summed E-state index contributed by atoms with van der Waals surface area (Å²) in [4.78, 5) is 4.48. The summed E-state index contributed by atoms with van der Waals surface area (Å²) < 4.78 is 16.3. The maximum absolute atomic E-state index is 14.2. The Kier molecular flexibility index (Phi) is 7.26. The molecule has 0 saturated heterocycles. The Morgan fingerprint density at radius 2 is 1.94 bits per heavy atom. The minimum absolute atomic E-state index is 0.163. The highest BCUT2D eigenvalue weighted by molar-refractivity contribution is 6.30. The van der Waals surface area contributed by atoms with Crippen LogP contribution in [0, 0.1) is 5.82 Å². The summed E-state index contributed by atoms with van der Waals surface area (Å²) in [5.74, 6) is -0.163. The van der Waals surface area contributed by atoms with Gasteiger partial charge in [0.2, 0.25) is 0 Å². The molecule has 1 unspecified atom stereocenters. The lowest BCUT2D eigenvalue weighted by Crippen LogP contribution is -2.33. The number of hydrogen-bond acceptors (Lipinski definition) is 4. The van der Waals surface area contributed by atoms with Gasteiger partial charge in [-0.15, -0.1) is 0 Å². The molecule has 170 valence electrons. The zero-order valence-electron chi connectivity index (χ0n) is 18.6. The maximum atomic E-state index is 14.2. The third-order valence-corrected chi connectivity index (χ3v) is 6.24. The van der Waals surface area contributed by atoms with Crippen LogP contribution >= 0.6 is 11.6 Å².